The van der Waals surface area contributed by atoms with Crippen molar-refractivity contribution < 1.29 is 14.3 Å². The molecular weight excluding hydrogens is 402 g/mol. The highest BCUT2D eigenvalue weighted by Gasteiger charge is 2.25. The van der Waals surface area contributed by atoms with Crippen molar-refractivity contribution >= 4 is 11.8 Å². The molecule has 1 saturated carbocycles. The van der Waals surface area contributed by atoms with Gasteiger partial charge in [-0.25, -0.2) is 0 Å². The molecule has 0 spiro atoms. The van der Waals surface area contributed by atoms with E-state index in [1.165, 1.54) is 38.5 Å². The number of benzene rings is 1. The van der Waals surface area contributed by atoms with Crippen molar-refractivity contribution in [2.24, 2.45) is 5.92 Å². The fourth-order valence-electron chi connectivity index (χ4n) is 4.59. The standard InChI is InChI=1S/C26H33N3O3/c30-25(17-22-9-6-12-27-19-22)28-13-15-29(16-14-28)26(31)23-10-5-11-24(18-23)32-20-21-7-3-1-2-4-8-21/h5-6,9-12,18-19,21H,1-4,7-8,13-17,20H2. The van der Waals surface area contributed by atoms with E-state index >= 15 is 0 Å². The van der Waals surface area contributed by atoms with Crippen LogP contribution in [0.4, 0.5) is 0 Å². The van der Waals surface area contributed by atoms with E-state index in [0.29, 0.717) is 44.1 Å². The molecule has 0 unspecified atom stereocenters. The van der Waals surface area contributed by atoms with E-state index in [-0.39, 0.29) is 11.8 Å². The first-order valence-electron chi connectivity index (χ1n) is 11.9. The Morgan fingerprint density at radius 1 is 0.938 bits per heavy atom. The van der Waals surface area contributed by atoms with Crippen LogP contribution >= 0.6 is 0 Å². The minimum atomic E-state index is 0.00396. The number of piperazine rings is 1. The monoisotopic (exact) mass is 435 g/mol. The second-order valence-corrected chi connectivity index (χ2v) is 8.91. The zero-order valence-electron chi connectivity index (χ0n) is 18.7. The molecule has 2 fully saturated rings. The Morgan fingerprint density at radius 3 is 2.41 bits per heavy atom. The molecule has 6 nitrogen and oxygen atoms in total. The molecule has 170 valence electrons. The minimum absolute atomic E-state index is 0.00396. The molecule has 1 aliphatic heterocycles. The third-order valence-electron chi connectivity index (χ3n) is 6.54. The predicted octanol–water partition coefficient (Wildman–Crippen LogP) is 3.96. The lowest BCUT2D eigenvalue weighted by molar-refractivity contribution is -0.131. The summed E-state index contributed by atoms with van der Waals surface area (Å²) in [4.78, 5) is 33.3. The van der Waals surface area contributed by atoms with Gasteiger partial charge in [-0.15, -0.1) is 0 Å². The Morgan fingerprint density at radius 2 is 1.69 bits per heavy atom. The number of hydrogen-bond donors (Lipinski definition) is 0. The average molecular weight is 436 g/mol. The van der Waals surface area contributed by atoms with Crippen molar-refractivity contribution in [3.63, 3.8) is 0 Å². The van der Waals surface area contributed by atoms with Gasteiger partial charge in [0.25, 0.3) is 5.91 Å². The molecule has 2 aliphatic rings. The first kappa shape index (κ1) is 22.3. The highest BCUT2D eigenvalue weighted by atomic mass is 16.5. The van der Waals surface area contributed by atoms with Crippen molar-refractivity contribution in [3.05, 3.63) is 59.9 Å². The van der Waals surface area contributed by atoms with Crippen LogP contribution in [0, 0.1) is 5.92 Å². The minimum Gasteiger partial charge on any atom is -0.493 e. The van der Waals surface area contributed by atoms with Gasteiger partial charge in [0.15, 0.2) is 0 Å². The molecule has 0 radical (unpaired) electrons. The van der Waals surface area contributed by atoms with Crippen molar-refractivity contribution in [2.45, 2.75) is 44.9 Å². The number of amides is 2. The van der Waals surface area contributed by atoms with Gasteiger partial charge in [-0.2, -0.15) is 0 Å². The zero-order chi connectivity index (χ0) is 22.2. The van der Waals surface area contributed by atoms with Crippen LogP contribution in [0.25, 0.3) is 0 Å². The van der Waals surface area contributed by atoms with E-state index in [4.69, 9.17) is 4.74 Å². The highest BCUT2D eigenvalue weighted by Crippen LogP contribution is 2.24. The molecule has 1 saturated heterocycles. The number of hydrogen-bond acceptors (Lipinski definition) is 4. The van der Waals surface area contributed by atoms with Crippen LogP contribution in [-0.2, 0) is 11.2 Å². The lowest BCUT2D eigenvalue weighted by atomic mass is 10.0. The highest BCUT2D eigenvalue weighted by molar-refractivity contribution is 5.94. The first-order valence-corrected chi connectivity index (χ1v) is 11.9. The van der Waals surface area contributed by atoms with Crippen LogP contribution in [0.5, 0.6) is 5.75 Å². The lowest BCUT2D eigenvalue weighted by Gasteiger charge is -2.35. The van der Waals surface area contributed by atoms with Crippen molar-refractivity contribution in [1.29, 1.82) is 0 Å². The smallest absolute Gasteiger partial charge is 0.254 e. The molecule has 2 aromatic rings. The summed E-state index contributed by atoms with van der Waals surface area (Å²) in [6.07, 6.45) is 11.5. The number of carbonyl (C=O) groups is 2. The van der Waals surface area contributed by atoms with Crippen LogP contribution in [0.2, 0.25) is 0 Å². The van der Waals surface area contributed by atoms with E-state index in [1.807, 2.05) is 46.2 Å². The maximum atomic E-state index is 13.0. The number of rotatable bonds is 6. The molecule has 6 heteroatoms. The molecular formula is C26H33N3O3. The number of ether oxygens (including phenoxy) is 1. The van der Waals surface area contributed by atoms with Gasteiger partial charge >= 0.3 is 0 Å². The van der Waals surface area contributed by atoms with Crippen LogP contribution < -0.4 is 4.74 Å². The summed E-state index contributed by atoms with van der Waals surface area (Å²) in [7, 11) is 0. The largest absolute Gasteiger partial charge is 0.493 e. The van der Waals surface area contributed by atoms with E-state index in [0.717, 1.165) is 17.9 Å². The maximum Gasteiger partial charge on any atom is 0.254 e. The molecule has 4 rings (SSSR count). The number of pyridine rings is 1. The first-order chi connectivity index (χ1) is 15.7. The third kappa shape index (κ3) is 6.09. The van der Waals surface area contributed by atoms with E-state index in [9.17, 15) is 9.59 Å². The summed E-state index contributed by atoms with van der Waals surface area (Å²) in [5.74, 6) is 1.47. The van der Waals surface area contributed by atoms with Crippen LogP contribution in [0.1, 0.15) is 54.4 Å². The SMILES string of the molecule is O=C(Cc1cccnc1)N1CCN(C(=O)c2cccc(OCC3CCCCCC3)c2)CC1. The van der Waals surface area contributed by atoms with Gasteiger partial charge in [0.2, 0.25) is 5.91 Å². The summed E-state index contributed by atoms with van der Waals surface area (Å²) in [5, 5.41) is 0. The van der Waals surface area contributed by atoms with Crippen LogP contribution in [0.3, 0.4) is 0 Å². The molecule has 0 atom stereocenters. The van der Waals surface area contributed by atoms with Crippen LogP contribution in [-0.4, -0.2) is 59.4 Å². The van der Waals surface area contributed by atoms with Crippen molar-refractivity contribution in [1.82, 2.24) is 14.8 Å². The number of aromatic nitrogens is 1. The molecule has 2 heterocycles. The summed E-state index contributed by atoms with van der Waals surface area (Å²) in [5.41, 5.74) is 1.56. The summed E-state index contributed by atoms with van der Waals surface area (Å²) >= 11 is 0. The van der Waals surface area contributed by atoms with Gasteiger partial charge in [-0.3, -0.25) is 14.6 Å². The fourth-order valence-corrected chi connectivity index (χ4v) is 4.59. The second kappa shape index (κ2) is 11.1. The quantitative estimate of drug-likeness (QED) is 0.645. The predicted molar refractivity (Wildman–Crippen MR) is 124 cm³/mol. The van der Waals surface area contributed by atoms with Crippen molar-refractivity contribution in [2.75, 3.05) is 32.8 Å². The Hall–Kier alpha value is -2.89. The molecule has 1 aromatic carbocycles. The van der Waals surface area contributed by atoms with Gasteiger partial charge < -0.3 is 14.5 Å². The molecule has 0 N–H and O–H groups in total. The Labute approximate surface area is 190 Å². The Kier molecular flexibility index (Phi) is 7.75. The average Bonchev–Trinajstić information content (AvgIpc) is 3.12. The number of carbonyl (C=O) groups excluding carboxylic acids is 2. The normalized spacial score (nSPS) is 17.6. The Balaban J connectivity index is 1.27. The summed E-state index contributed by atoms with van der Waals surface area (Å²) < 4.78 is 6.06. The molecule has 1 aliphatic carbocycles. The topological polar surface area (TPSA) is 62.7 Å². The molecule has 2 amide bonds. The lowest BCUT2D eigenvalue weighted by Crippen LogP contribution is -2.51. The second-order valence-electron chi connectivity index (χ2n) is 8.91. The van der Waals surface area contributed by atoms with E-state index in [2.05, 4.69) is 4.98 Å². The van der Waals surface area contributed by atoms with Crippen LogP contribution in [0.15, 0.2) is 48.8 Å². The van der Waals surface area contributed by atoms with Gasteiger partial charge in [0, 0.05) is 44.1 Å². The molecule has 32 heavy (non-hydrogen) atoms. The number of nitrogens with zero attached hydrogens (tertiary/aromatic N) is 3. The van der Waals surface area contributed by atoms with Gasteiger partial charge in [-0.05, 0) is 48.6 Å². The maximum absolute atomic E-state index is 13.0. The summed E-state index contributed by atoms with van der Waals surface area (Å²) in [6.45, 7) is 2.94. The van der Waals surface area contributed by atoms with Gasteiger partial charge in [0.1, 0.15) is 5.75 Å². The molecule has 1 aromatic heterocycles. The Bertz CT molecular complexity index is 886. The van der Waals surface area contributed by atoms with Gasteiger partial charge in [0.05, 0.1) is 13.0 Å². The van der Waals surface area contributed by atoms with Gasteiger partial charge in [-0.1, -0.05) is 37.8 Å². The summed E-state index contributed by atoms with van der Waals surface area (Å²) in [6, 6.07) is 11.3. The van der Waals surface area contributed by atoms with E-state index < -0.39 is 0 Å². The third-order valence-corrected chi connectivity index (χ3v) is 6.54. The van der Waals surface area contributed by atoms with E-state index in [1.54, 1.807) is 12.4 Å². The zero-order valence-corrected chi connectivity index (χ0v) is 18.7. The molecule has 0 bridgehead atoms. The van der Waals surface area contributed by atoms with Crippen molar-refractivity contribution in [3.8, 4) is 5.75 Å². The fraction of sp³-hybridized carbons (Fsp3) is 0.500.